The smallest absolute Gasteiger partial charge is 0.338 e. The third kappa shape index (κ3) is 6.48. The number of nitro groups is 1. The van der Waals surface area contributed by atoms with Crippen LogP contribution in [0.2, 0.25) is 0 Å². The van der Waals surface area contributed by atoms with Crippen LogP contribution in [0.25, 0.3) is 6.08 Å². The van der Waals surface area contributed by atoms with Gasteiger partial charge in [0, 0.05) is 19.2 Å². The number of ether oxygens (including phenoxy) is 2. The van der Waals surface area contributed by atoms with E-state index in [4.69, 9.17) is 9.47 Å². The Bertz CT molecular complexity index is 1460. The van der Waals surface area contributed by atoms with E-state index in [2.05, 4.69) is 20.9 Å². The molecule has 0 spiro atoms. The number of benzene rings is 3. The second-order valence-corrected chi connectivity index (χ2v) is 9.91. The van der Waals surface area contributed by atoms with Crippen molar-refractivity contribution in [2.75, 3.05) is 13.7 Å². The summed E-state index contributed by atoms with van der Waals surface area (Å²) in [7, 11) is 1.66. The third-order valence-electron chi connectivity index (χ3n) is 5.38. The Balaban J connectivity index is 1.45. The van der Waals surface area contributed by atoms with E-state index in [1.807, 2.05) is 12.1 Å². The van der Waals surface area contributed by atoms with Crippen LogP contribution in [0.4, 0.5) is 11.4 Å². The van der Waals surface area contributed by atoms with Crippen LogP contribution in [0.3, 0.4) is 0 Å². The van der Waals surface area contributed by atoms with Gasteiger partial charge in [-0.05, 0) is 88.2 Å². The monoisotopic (exact) mass is 595 g/mol. The zero-order valence-electron chi connectivity index (χ0n) is 20.4. The molecule has 0 unspecified atom stereocenters. The van der Waals surface area contributed by atoms with Crippen molar-refractivity contribution in [1.82, 2.24) is 4.90 Å². The summed E-state index contributed by atoms with van der Waals surface area (Å²) in [5.74, 6) is -0.0141. The van der Waals surface area contributed by atoms with Crippen molar-refractivity contribution in [1.29, 1.82) is 0 Å². The van der Waals surface area contributed by atoms with E-state index in [-0.39, 0.29) is 18.2 Å². The van der Waals surface area contributed by atoms with Crippen molar-refractivity contribution in [3.8, 4) is 5.75 Å². The van der Waals surface area contributed by atoms with Crippen LogP contribution in [0.15, 0.2) is 81.1 Å². The lowest BCUT2D eigenvalue weighted by molar-refractivity contribution is -0.384. The highest BCUT2D eigenvalue weighted by Crippen LogP contribution is 2.35. The standard InChI is InChI=1S/C27H22BrN3O6S/c1-3-36-26(33)19-8-10-20(11-9-19)29-27-30(2)25(32)24(38-27)15-17-7-12-23(22(28)14-17)37-16-18-5-4-6-21(13-18)31(34)35/h4-15H,3,16H2,1-2H3. The number of rotatable bonds is 8. The van der Waals surface area contributed by atoms with Crippen LogP contribution >= 0.6 is 27.7 Å². The molecule has 3 aromatic carbocycles. The van der Waals surface area contributed by atoms with Gasteiger partial charge >= 0.3 is 5.97 Å². The van der Waals surface area contributed by atoms with Gasteiger partial charge in [-0.1, -0.05) is 18.2 Å². The van der Waals surface area contributed by atoms with E-state index in [9.17, 15) is 19.7 Å². The molecule has 0 aromatic heterocycles. The van der Waals surface area contributed by atoms with Gasteiger partial charge < -0.3 is 9.47 Å². The number of esters is 1. The number of amides is 1. The number of thioether (sulfide) groups is 1. The first-order valence-corrected chi connectivity index (χ1v) is 13.0. The number of likely N-dealkylation sites (N-methyl/N-ethyl adjacent to an activating group) is 1. The lowest BCUT2D eigenvalue weighted by Crippen LogP contribution is -2.23. The fourth-order valence-electron chi connectivity index (χ4n) is 3.44. The summed E-state index contributed by atoms with van der Waals surface area (Å²) in [6, 6.07) is 18.3. The van der Waals surface area contributed by atoms with Crippen molar-refractivity contribution >= 4 is 62.2 Å². The number of carbonyl (C=O) groups is 2. The van der Waals surface area contributed by atoms with Crippen LogP contribution in [0, 0.1) is 10.1 Å². The molecule has 1 saturated heterocycles. The lowest BCUT2D eigenvalue weighted by atomic mass is 10.2. The van der Waals surface area contributed by atoms with Crippen molar-refractivity contribution in [2.24, 2.45) is 4.99 Å². The van der Waals surface area contributed by atoms with Gasteiger partial charge in [-0.15, -0.1) is 0 Å². The van der Waals surface area contributed by atoms with Crippen LogP contribution in [-0.2, 0) is 16.1 Å². The number of halogens is 1. The van der Waals surface area contributed by atoms with Crippen LogP contribution in [0.1, 0.15) is 28.4 Å². The highest BCUT2D eigenvalue weighted by Gasteiger charge is 2.30. The topological polar surface area (TPSA) is 111 Å². The molecule has 1 aliphatic rings. The number of aliphatic imine (C=N–C) groups is 1. The predicted octanol–water partition coefficient (Wildman–Crippen LogP) is 6.35. The fourth-order valence-corrected chi connectivity index (χ4v) is 4.94. The molecule has 0 aliphatic carbocycles. The Labute approximate surface area is 231 Å². The number of hydrogen-bond donors (Lipinski definition) is 0. The van der Waals surface area contributed by atoms with Crippen molar-refractivity contribution in [2.45, 2.75) is 13.5 Å². The summed E-state index contributed by atoms with van der Waals surface area (Å²) in [4.78, 5) is 41.7. The molecule has 1 heterocycles. The molecular formula is C27H22BrN3O6S. The molecule has 0 radical (unpaired) electrons. The molecule has 1 fully saturated rings. The zero-order chi connectivity index (χ0) is 27.2. The molecule has 3 aromatic rings. The number of hydrogen-bond acceptors (Lipinski definition) is 8. The summed E-state index contributed by atoms with van der Waals surface area (Å²) < 4.78 is 11.5. The highest BCUT2D eigenvalue weighted by atomic mass is 79.9. The molecule has 0 bridgehead atoms. The molecule has 0 N–H and O–H groups in total. The van der Waals surface area contributed by atoms with Gasteiger partial charge in [0.15, 0.2) is 5.17 Å². The maximum Gasteiger partial charge on any atom is 0.338 e. The summed E-state index contributed by atoms with van der Waals surface area (Å²) in [5, 5.41) is 11.5. The van der Waals surface area contributed by atoms with Gasteiger partial charge in [0.05, 0.1) is 32.2 Å². The number of non-ortho nitro benzene ring substituents is 1. The van der Waals surface area contributed by atoms with Gasteiger partial charge in [-0.25, -0.2) is 9.79 Å². The van der Waals surface area contributed by atoms with Crippen molar-refractivity contribution < 1.29 is 24.0 Å². The molecular weight excluding hydrogens is 574 g/mol. The van der Waals surface area contributed by atoms with E-state index < -0.39 is 10.9 Å². The van der Waals surface area contributed by atoms with Gasteiger partial charge in [-0.2, -0.15) is 0 Å². The Kier molecular flexibility index (Phi) is 8.59. The first-order chi connectivity index (χ1) is 18.2. The maximum atomic E-state index is 12.8. The van der Waals surface area contributed by atoms with Crippen LogP contribution < -0.4 is 4.74 Å². The lowest BCUT2D eigenvalue weighted by Gasteiger charge is -2.09. The highest BCUT2D eigenvalue weighted by molar-refractivity contribution is 9.10. The minimum atomic E-state index is -0.445. The van der Waals surface area contributed by atoms with Gasteiger partial charge in [0.1, 0.15) is 12.4 Å². The molecule has 1 aliphatic heterocycles. The summed E-state index contributed by atoms with van der Waals surface area (Å²) in [6.07, 6.45) is 1.77. The van der Waals surface area contributed by atoms with E-state index in [0.29, 0.717) is 43.7 Å². The van der Waals surface area contributed by atoms with E-state index in [1.165, 1.54) is 28.8 Å². The summed E-state index contributed by atoms with van der Waals surface area (Å²) in [5.41, 5.74) is 2.50. The Morgan fingerprint density at radius 2 is 1.92 bits per heavy atom. The minimum absolute atomic E-state index is 0.00688. The largest absolute Gasteiger partial charge is 0.488 e. The predicted molar refractivity (Wildman–Crippen MR) is 149 cm³/mol. The van der Waals surface area contributed by atoms with Crippen LogP contribution in [-0.4, -0.2) is 40.5 Å². The Hall–Kier alpha value is -3.96. The number of amidine groups is 1. The number of nitrogens with zero attached hydrogens (tertiary/aromatic N) is 3. The zero-order valence-corrected chi connectivity index (χ0v) is 22.8. The molecule has 194 valence electrons. The van der Waals surface area contributed by atoms with Crippen molar-refractivity contribution in [3.63, 3.8) is 0 Å². The average Bonchev–Trinajstić information content (AvgIpc) is 3.16. The van der Waals surface area contributed by atoms with Crippen LogP contribution in [0.5, 0.6) is 5.75 Å². The first-order valence-electron chi connectivity index (χ1n) is 11.4. The number of carbonyl (C=O) groups excluding carboxylic acids is 2. The molecule has 38 heavy (non-hydrogen) atoms. The maximum absolute atomic E-state index is 12.8. The average molecular weight is 596 g/mol. The van der Waals surface area contributed by atoms with E-state index in [1.54, 1.807) is 62.5 Å². The van der Waals surface area contributed by atoms with Gasteiger partial charge in [0.25, 0.3) is 11.6 Å². The number of nitro benzene ring substituents is 1. The molecule has 1 amide bonds. The van der Waals surface area contributed by atoms with Crippen molar-refractivity contribution in [3.05, 3.63) is 103 Å². The molecule has 0 saturated carbocycles. The molecule has 4 rings (SSSR count). The molecule has 0 atom stereocenters. The molecule has 11 heteroatoms. The van der Waals surface area contributed by atoms with Gasteiger partial charge in [0.2, 0.25) is 0 Å². The summed E-state index contributed by atoms with van der Waals surface area (Å²) >= 11 is 4.75. The summed E-state index contributed by atoms with van der Waals surface area (Å²) in [6.45, 7) is 2.21. The normalized spacial score (nSPS) is 15.2. The Morgan fingerprint density at radius 1 is 1.16 bits per heavy atom. The second-order valence-electron chi connectivity index (χ2n) is 8.04. The minimum Gasteiger partial charge on any atom is -0.488 e. The fraction of sp³-hybridized carbons (Fsp3) is 0.148. The third-order valence-corrected chi connectivity index (χ3v) is 7.06. The SMILES string of the molecule is CCOC(=O)c1ccc(N=C2SC(=Cc3ccc(OCc4cccc([N+](=O)[O-])c4)c(Br)c3)C(=O)N2C)cc1. The van der Waals surface area contributed by atoms with Gasteiger partial charge in [-0.3, -0.25) is 19.8 Å². The second kappa shape index (κ2) is 12.1. The first kappa shape index (κ1) is 27.1. The van der Waals surface area contributed by atoms with E-state index in [0.717, 1.165) is 5.56 Å². The van der Waals surface area contributed by atoms with E-state index >= 15 is 0 Å². The quantitative estimate of drug-likeness (QED) is 0.129. The molecule has 9 nitrogen and oxygen atoms in total. The Morgan fingerprint density at radius 3 is 2.61 bits per heavy atom.